The monoisotopic (exact) mass is 159 g/mol. The van der Waals surface area contributed by atoms with Crippen molar-refractivity contribution in [3.63, 3.8) is 0 Å². The molecular weight excluding hydrogens is 142 g/mol. The molecule has 2 unspecified atom stereocenters. The molecule has 1 fully saturated rings. The van der Waals surface area contributed by atoms with E-state index in [-0.39, 0.29) is 6.10 Å². The molecule has 2 atom stereocenters. The average molecular weight is 159 g/mol. The van der Waals surface area contributed by atoms with Crippen LogP contribution in [0.4, 0.5) is 0 Å². The second-order valence-electron chi connectivity index (χ2n) is 3.08. The van der Waals surface area contributed by atoms with Crippen molar-refractivity contribution < 1.29 is 9.47 Å². The van der Waals surface area contributed by atoms with Crippen molar-refractivity contribution in [2.24, 2.45) is 0 Å². The maximum atomic E-state index is 5.65. The molecule has 0 bridgehead atoms. The van der Waals surface area contributed by atoms with Crippen LogP contribution in [0.2, 0.25) is 0 Å². The third kappa shape index (κ3) is 2.43. The molecule has 0 spiro atoms. The zero-order chi connectivity index (χ0) is 8.27. The van der Waals surface area contributed by atoms with Gasteiger partial charge in [0.2, 0.25) is 0 Å². The van der Waals surface area contributed by atoms with E-state index >= 15 is 0 Å². The molecule has 0 aliphatic carbocycles. The van der Waals surface area contributed by atoms with E-state index in [1.165, 1.54) is 0 Å². The molecule has 3 nitrogen and oxygen atoms in total. The fourth-order valence-electron chi connectivity index (χ4n) is 0.949. The minimum atomic E-state index is 0.272. The van der Waals surface area contributed by atoms with Gasteiger partial charge in [0, 0.05) is 6.04 Å². The lowest BCUT2D eigenvalue weighted by Gasteiger charge is -2.31. The first kappa shape index (κ1) is 8.97. The smallest absolute Gasteiger partial charge is 0.105 e. The molecule has 0 aromatic carbocycles. The summed E-state index contributed by atoms with van der Waals surface area (Å²) >= 11 is 0. The lowest BCUT2D eigenvalue weighted by atomic mass is 10.2. The Balaban J connectivity index is 2.13. The van der Waals surface area contributed by atoms with E-state index in [4.69, 9.17) is 9.47 Å². The highest BCUT2D eigenvalue weighted by Gasteiger charge is 2.23. The summed E-state index contributed by atoms with van der Waals surface area (Å²) < 4.78 is 10.7. The first-order chi connectivity index (χ1) is 5.24. The first-order valence-corrected chi connectivity index (χ1v) is 4.14. The minimum absolute atomic E-state index is 0.272. The summed E-state index contributed by atoms with van der Waals surface area (Å²) in [7, 11) is 1.95. The second kappa shape index (κ2) is 4.04. The van der Waals surface area contributed by atoms with E-state index in [1.807, 2.05) is 7.05 Å². The highest BCUT2D eigenvalue weighted by atomic mass is 16.6. The van der Waals surface area contributed by atoms with Crippen molar-refractivity contribution in [1.82, 2.24) is 5.32 Å². The van der Waals surface area contributed by atoms with Gasteiger partial charge in [0.15, 0.2) is 0 Å². The van der Waals surface area contributed by atoms with Gasteiger partial charge >= 0.3 is 0 Å². The van der Waals surface area contributed by atoms with Crippen molar-refractivity contribution >= 4 is 0 Å². The Hall–Kier alpha value is -0.120. The van der Waals surface area contributed by atoms with Crippen LogP contribution in [0, 0.1) is 0 Å². The molecule has 1 aliphatic heterocycles. The van der Waals surface area contributed by atoms with Crippen LogP contribution in [0.5, 0.6) is 0 Å². The Bertz CT molecular complexity index is 115. The van der Waals surface area contributed by atoms with Crippen molar-refractivity contribution in [3.8, 4) is 0 Å². The third-order valence-corrected chi connectivity index (χ3v) is 2.17. The molecule has 1 saturated heterocycles. The quantitative estimate of drug-likeness (QED) is 0.644. The SMILES string of the molecule is CNC(C)C(C)OC1COC1. The van der Waals surface area contributed by atoms with Crippen LogP contribution >= 0.6 is 0 Å². The molecule has 1 N–H and O–H groups in total. The summed E-state index contributed by atoms with van der Waals surface area (Å²) in [4.78, 5) is 0. The summed E-state index contributed by atoms with van der Waals surface area (Å²) in [6, 6.07) is 0.413. The predicted octanol–water partition coefficient (Wildman–Crippen LogP) is 0.398. The highest BCUT2D eigenvalue weighted by molar-refractivity contribution is 4.71. The fourth-order valence-corrected chi connectivity index (χ4v) is 0.949. The van der Waals surface area contributed by atoms with Gasteiger partial charge in [-0.3, -0.25) is 0 Å². The number of rotatable bonds is 4. The Morgan fingerprint density at radius 3 is 2.45 bits per heavy atom. The third-order valence-electron chi connectivity index (χ3n) is 2.17. The normalized spacial score (nSPS) is 24.3. The van der Waals surface area contributed by atoms with Gasteiger partial charge in [0.1, 0.15) is 6.10 Å². The zero-order valence-electron chi connectivity index (χ0n) is 7.46. The number of likely N-dealkylation sites (N-methyl/N-ethyl adjacent to an activating group) is 1. The highest BCUT2D eigenvalue weighted by Crippen LogP contribution is 2.10. The summed E-state index contributed by atoms with van der Waals surface area (Å²) in [5.74, 6) is 0. The van der Waals surface area contributed by atoms with Gasteiger partial charge < -0.3 is 14.8 Å². The van der Waals surface area contributed by atoms with Crippen LogP contribution in [0.3, 0.4) is 0 Å². The summed E-state index contributed by atoms with van der Waals surface area (Å²) in [6.45, 7) is 5.73. The number of ether oxygens (including phenoxy) is 2. The molecule has 1 heterocycles. The molecule has 0 amide bonds. The molecule has 1 aliphatic rings. The second-order valence-corrected chi connectivity index (χ2v) is 3.08. The zero-order valence-corrected chi connectivity index (χ0v) is 7.46. The Labute approximate surface area is 68.1 Å². The topological polar surface area (TPSA) is 30.5 Å². The van der Waals surface area contributed by atoms with Crippen LogP contribution in [0.15, 0.2) is 0 Å². The molecule has 11 heavy (non-hydrogen) atoms. The number of hydrogen-bond donors (Lipinski definition) is 1. The molecule has 0 saturated carbocycles. The molecule has 1 rings (SSSR count). The summed E-state index contributed by atoms with van der Waals surface area (Å²) in [6.07, 6.45) is 0.606. The van der Waals surface area contributed by atoms with Crippen molar-refractivity contribution in [1.29, 1.82) is 0 Å². The molecule has 0 aromatic heterocycles. The summed E-state index contributed by atoms with van der Waals surface area (Å²) in [5, 5.41) is 3.15. The van der Waals surface area contributed by atoms with Gasteiger partial charge in [-0.1, -0.05) is 0 Å². The van der Waals surface area contributed by atoms with E-state index in [9.17, 15) is 0 Å². The fraction of sp³-hybridized carbons (Fsp3) is 1.00. The van der Waals surface area contributed by atoms with Gasteiger partial charge in [-0.15, -0.1) is 0 Å². The van der Waals surface area contributed by atoms with Crippen molar-refractivity contribution in [3.05, 3.63) is 0 Å². The molecule has 3 heteroatoms. The molecular formula is C8H17NO2. The van der Waals surface area contributed by atoms with Gasteiger partial charge in [-0.25, -0.2) is 0 Å². The number of nitrogens with one attached hydrogen (secondary N) is 1. The van der Waals surface area contributed by atoms with Crippen LogP contribution < -0.4 is 5.32 Å². The average Bonchev–Trinajstić information content (AvgIpc) is 1.94. The van der Waals surface area contributed by atoms with Crippen molar-refractivity contribution in [2.75, 3.05) is 20.3 Å². The van der Waals surface area contributed by atoms with E-state index in [0.29, 0.717) is 12.1 Å². The molecule has 66 valence electrons. The largest absolute Gasteiger partial charge is 0.376 e. The lowest BCUT2D eigenvalue weighted by Crippen LogP contribution is -2.44. The van der Waals surface area contributed by atoms with Crippen LogP contribution in [-0.4, -0.2) is 38.5 Å². The Kier molecular flexibility index (Phi) is 3.30. The van der Waals surface area contributed by atoms with Crippen LogP contribution in [0.25, 0.3) is 0 Å². The lowest BCUT2D eigenvalue weighted by molar-refractivity contribution is -0.155. The minimum Gasteiger partial charge on any atom is -0.376 e. The Morgan fingerprint density at radius 2 is 2.09 bits per heavy atom. The van der Waals surface area contributed by atoms with E-state index < -0.39 is 0 Å². The van der Waals surface area contributed by atoms with Gasteiger partial charge in [-0.2, -0.15) is 0 Å². The Morgan fingerprint density at radius 1 is 1.45 bits per heavy atom. The van der Waals surface area contributed by atoms with E-state index in [0.717, 1.165) is 13.2 Å². The predicted molar refractivity (Wildman–Crippen MR) is 43.7 cm³/mol. The maximum absolute atomic E-state index is 5.65. The van der Waals surface area contributed by atoms with Gasteiger partial charge in [0.05, 0.1) is 19.3 Å². The molecule has 0 aromatic rings. The number of hydrogen-bond acceptors (Lipinski definition) is 3. The maximum Gasteiger partial charge on any atom is 0.105 e. The first-order valence-electron chi connectivity index (χ1n) is 4.14. The van der Waals surface area contributed by atoms with Gasteiger partial charge in [0.25, 0.3) is 0 Å². The van der Waals surface area contributed by atoms with Crippen LogP contribution in [-0.2, 0) is 9.47 Å². The van der Waals surface area contributed by atoms with Crippen LogP contribution in [0.1, 0.15) is 13.8 Å². The van der Waals surface area contributed by atoms with Crippen molar-refractivity contribution in [2.45, 2.75) is 32.1 Å². The van der Waals surface area contributed by atoms with Gasteiger partial charge in [-0.05, 0) is 20.9 Å². The molecule has 0 radical (unpaired) electrons. The standard InChI is InChI=1S/C8H17NO2/c1-6(9-3)7(2)11-8-4-10-5-8/h6-9H,4-5H2,1-3H3. The van der Waals surface area contributed by atoms with E-state index in [2.05, 4.69) is 19.2 Å². The van der Waals surface area contributed by atoms with E-state index in [1.54, 1.807) is 0 Å². The summed E-state index contributed by atoms with van der Waals surface area (Å²) in [5.41, 5.74) is 0.